The van der Waals surface area contributed by atoms with E-state index in [0.29, 0.717) is 12.3 Å². The molecule has 1 aromatic rings. The van der Waals surface area contributed by atoms with Gasteiger partial charge >= 0.3 is 0 Å². The monoisotopic (exact) mass is 314 g/mol. The topological polar surface area (TPSA) is 55.1 Å². The number of nitrogens with two attached hydrogens (primary N) is 1. The Bertz CT molecular complexity index is 444. The zero-order valence-corrected chi connectivity index (χ0v) is 13.2. The smallest absolute Gasteiger partial charge is 0.222 e. The number of carbonyl (C=O) groups excluding carboxylic acids is 1. The van der Waals surface area contributed by atoms with Crippen LogP contribution in [0.15, 0.2) is 24.3 Å². The van der Waals surface area contributed by atoms with Gasteiger partial charge in [0.15, 0.2) is 0 Å². The van der Waals surface area contributed by atoms with Crippen LogP contribution in [0, 0.1) is 11.7 Å². The van der Waals surface area contributed by atoms with E-state index < -0.39 is 0 Å². The van der Waals surface area contributed by atoms with Gasteiger partial charge in [0, 0.05) is 12.5 Å². The summed E-state index contributed by atoms with van der Waals surface area (Å²) in [6, 6.07) is 6.27. The van der Waals surface area contributed by atoms with Gasteiger partial charge in [0.1, 0.15) is 5.82 Å². The molecule has 118 valence electrons. The average Bonchev–Trinajstić information content (AvgIpc) is 2.90. The molecule has 1 amide bonds. The van der Waals surface area contributed by atoms with E-state index in [1.54, 1.807) is 12.1 Å². The highest BCUT2D eigenvalue weighted by atomic mass is 35.5. The van der Waals surface area contributed by atoms with Crippen molar-refractivity contribution in [2.24, 2.45) is 11.7 Å². The molecule has 0 saturated heterocycles. The van der Waals surface area contributed by atoms with Crippen LogP contribution in [0.4, 0.5) is 4.39 Å². The van der Waals surface area contributed by atoms with Gasteiger partial charge in [0.25, 0.3) is 0 Å². The number of nitrogens with one attached hydrogen (secondary N) is 1. The van der Waals surface area contributed by atoms with E-state index >= 15 is 0 Å². The van der Waals surface area contributed by atoms with Crippen LogP contribution >= 0.6 is 12.4 Å². The first-order valence-corrected chi connectivity index (χ1v) is 7.36. The summed E-state index contributed by atoms with van der Waals surface area (Å²) in [6.07, 6.45) is 4.95. The first-order valence-electron chi connectivity index (χ1n) is 7.36. The van der Waals surface area contributed by atoms with Gasteiger partial charge < -0.3 is 11.1 Å². The Kier molecular flexibility index (Phi) is 7.12. The van der Waals surface area contributed by atoms with E-state index in [9.17, 15) is 9.18 Å². The molecule has 5 heteroatoms. The number of benzene rings is 1. The van der Waals surface area contributed by atoms with Crippen molar-refractivity contribution >= 4 is 18.3 Å². The van der Waals surface area contributed by atoms with Crippen molar-refractivity contribution in [3.63, 3.8) is 0 Å². The normalized spacial score (nSPS) is 17.9. The molecule has 2 atom stereocenters. The summed E-state index contributed by atoms with van der Waals surface area (Å²) in [4.78, 5) is 12.0. The highest BCUT2D eigenvalue weighted by Crippen LogP contribution is 2.35. The molecule has 3 nitrogen and oxygen atoms in total. The zero-order chi connectivity index (χ0) is 14.5. The SMILES string of the molecule is CC(N)CC(=O)NC(c1ccc(F)cc1)C1CCCC1.Cl. The highest BCUT2D eigenvalue weighted by Gasteiger charge is 2.27. The van der Waals surface area contributed by atoms with Crippen molar-refractivity contribution in [3.05, 3.63) is 35.6 Å². The maximum Gasteiger partial charge on any atom is 0.222 e. The van der Waals surface area contributed by atoms with Gasteiger partial charge in [-0.25, -0.2) is 4.39 Å². The third-order valence-electron chi connectivity index (χ3n) is 3.92. The zero-order valence-electron chi connectivity index (χ0n) is 12.3. The number of carbonyl (C=O) groups is 1. The average molecular weight is 315 g/mol. The minimum absolute atomic E-state index is 0. The van der Waals surface area contributed by atoms with E-state index in [1.165, 1.54) is 25.0 Å². The summed E-state index contributed by atoms with van der Waals surface area (Å²) >= 11 is 0. The Hall–Kier alpha value is -1.13. The Labute approximate surface area is 131 Å². The van der Waals surface area contributed by atoms with E-state index in [-0.39, 0.29) is 36.2 Å². The van der Waals surface area contributed by atoms with Gasteiger partial charge in [0.05, 0.1) is 6.04 Å². The number of hydrogen-bond donors (Lipinski definition) is 2. The van der Waals surface area contributed by atoms with Gasteiger partial charge in [-0.2, -0.15) is 0 Å². The number of hydrogen-bond acceptors (Lipinski definition) is 2. The molecule has 0 heterocycles. The molecule has 3 N–H and O–H groups in total. The van der Waals surface area contributed by atoms with Crippen LogP contribution in [0.1, 0.15) is 50.6 Å². The van der Waals surface area contributed by atoms with Crippen LogP contribution in [0.2, 0.25) is 0 Å². The van der Waals surface area contributed by atoms with E-state index in [2.05, 4.69) is 5.32 Å². The number of halogens is 2. The lowest BCUT2D eigenvalue weighted by atomic mass is 9.91. The van der Waals surface area contributed by atoms with Gasteiger partial charge in [-0.15, -0.1) is 12.4 Å². The van der Waals surface area contributed by atoms with Crippen molar-refractivity contribution in [1.29, 1.82) is 0 Å². The predicted molar refractivity (Wildman–Crippen MR) is 84.8 cm³/mol. The lowest BCUT2D eigenvalue weighted by molar-refractivity contribution is -0.122. The molecule has 1 aliphatic rings. The molecule has 0 aromatic heterocycles. The molecular weight excluding hydrogens is 291 g/mol. The van der Waals surface area contributed by atoms with Gasteiger partial charge in [-0.1, -0.05) is 25.0 Å². The molecule has 0 bridgehead atoms. The van der Waals surface area contributed by atoms with Gasteiger partial charge in [-0.3, -0.25) is 4.79 Å². The first kappa shape index (κ1) is 17.9. The maximum atomic E-state index is 13.1. The predicted octanol–water partition coefficient (Wildman–Crippen LogP) is 3.33. The highest BCUT2D eigenvalue weighted by molar-refractivity contribution is 5.85. The molecule has 2 rings (SSSR count). The number of rotatable bonds is 5. The third kappa shape index (κ3) is 5.29. The van der Waals surface area contributed by atoms with Crippen LogP contribution in [0.5, 0.6) is 0 Å². The Morgan fingerprint density at radius 2 is 1.90 bits per heavy atom. The fraction of sp³-hybridized carbons (Fsp3) is 0.562. The van der Waals surface area contributed by atoms with Crippen molar-refractivity contribution in [1.82, 2.24) is 5.32 Å². The molecule has 1 aliphatic carbocycles. The molecule has 21 heavy (non-hydrogen) atoms. The molecule has 1 saturated carbocycles. The second-order valence-corrected chi connectivity index (χ2v) is 5.82. The fourth-order valence-electron chi connectivity index (χ4n) is 2.96. The second kappa shape index (κ2) is 8.35. The van der Waals surface area contributed by atoms with E-state index in [4.69, 9.17) is 5.73 Å². The molecular formula is C16H24ClFN2O. The van der Waals surface area contributed by atoms with Crippen molar-refractivity contribution < 1.29 is 9.18 Å². The quantitative estimate of drug-likeness (QED) is 0.876. The van der Waals surface area contributed by atoms with E-state index in [0.717, 1.165) is 18.4 Å². The molecule has 0 spiro atoms. The van der Waals surface area contributed by atoms with Crippen molar-refractivity contribution in [2.45, 2.75) is 51.1 Å². The van der Waals surface area contributed by atoms with Crippen molar-refractivity contribution in [3.8, 4) is 0 Å². The second-order valence-electron chi connectivity index (χ2n) is 5.82. The largest absolute Gasteiger partial charge is 0.349 e. The van der Waals surface area contributed by atoms with Crippen LogP contribution in [-0.4, -0.2) is 11.9 Å². The van der Waals surface area contributed by atoms with Crippen LogP contribution in [0.25, 0.3) is 0 Å². The summed E-state index contributed by atoms with van der Waals surface area (Å²) < 4.78 is 13.1. The third-order valence-corrected chi connectivity index (χ3v) is 3.92. The van der Waals surface area contributed by atoms with Gasteiger partial charge in [0.2, 0.25) is 5.91 Å². The summed E-state index contributed by atoms with van der Waals surface area (Å²) in [7, 11) is 0. The molecule has 0 radical (unpaired) electrons. The maximum absolute atomic E-state index is 13.1. The fourth-order valence-corrected chi connectivity index (χ4v) is 2.96. The number of amides is 1. The van der Waals surface area contributed by atoms with E-state index in [1.807, 2.05) is 6.92 Å². The lowest BCUT2D eigenvalue weighted by Gasteiger charge is -2.25. The summed E-state index contributed by atoms with van der Waals surface area (Å²) in [6.45, 7) is 1.82. The standard InChI is InChI=1S/C16H23FN2O.ClH/c1-11(18)10-15(20)19-16(12-4-2-3-5-12)13-6-8-14(17)9-7-13;/h6-9,11-12,16H,2-5,10,18H2,1H3,(H,19,20);1H. The molecule has 1 aromatic carbocycles. The lowest BCUT2D eigenvalue weighted by Crippen LogP contribution is -2.35. The Balaban J connectivity index is 0.00000220. The minimum atomic E-state index is -0.249. The summed E-state index contributed by atoms with van der Waals surface area (Å²) in [5.74, 6) is 0.166. The summed E-state index contributed by atoms with van der Waals surface area (Å²) in [5.41, 5.74) is 6.65. The van der Waals surface area contributed by atoms with Crippen LogP contribution < -0.4 is 11.1 Å². The summed E-state index contributed by atoms with van der Waals surface area (Å²) in [5, 5.41) is 3.08. The molecule has 0 aliphatic heterocycles. The molecule has 1 fully saturated rings. The molecule has 2 unspecified atom stereocenters. The Morgan fingerprint density at radius 1 is 1.33 bits per heavy atom. The Morgan fingerprint density at radius 3 is 2.43 bits per heavy atom. The first-order chi connectivity index (χ1) is 9.56. The van der Waals surface area contributed by atoms with Crippen LogP contribution in [-0.2, 0) is 4.79 Å². The van der Waals surface area contributed by atoms with Crippen LogP contribution in [0.3, 0.4) is 0 Å². The minimum Gasteiger partial charge on any atom is -0.349 e. The van der Waals surface area contributed by atoms with Gasteiger partial charge in [-0.05, 0) is 43.4 Å². The van der Waals surface area contributed by atoms with Crippen molar-refractivity contribution in [2.75, 3.05) is 0 Å².